The lowest BCUT2D eigenvalue weighted by Gasteiger charge is -2.15. The number of nitrogens with zero attached hydrogens (tertiary/aromatic N) is 1. The molecule has 1 aliphatic rings. The molecule has 27 heavy (non-hydrogen) atoms. The topological polar surface area (TPSA) is 54.0 Å². The molecule has 0 unspecified atom stereocenters. The molecule has 7 heteroatoms. The second kappa shape index (κ2) is 7.42. The Labute approximate surface area is 155 Å². The Morgan fingerprint density at radius 2 is 2.07 bits per heavy atom. The van der Waals surface area contributed by atoms with Crippen LogP contribution in [0.3, 0.4) is 0 Å². The van der Waals surface area contributed by atoms with Crippen molar-refractivity contribution in [2.24, 2.45) is 5.92 Å². The van der Waals surface area contributed by atoms with Gasteiger partial charge in [0.1, 0.15) is 0 Å². The van der Waals surface area contributed by atoms with Gasteiger partial charge in [-0.2, -0.15) is 13.2 Å². The van der Waals surface area contributed by atoms with Crippen LogP contribution in [-0.2, 0) is 4.79 Å². The van der Waals surface area contributed by atoms with E-state index in [4.69, 9.17) is 0 Å². The third-order valence-electron chi connectivity index (χ3n) is 4.42. The molecular formula is C20H20F3N3O. The molecule has 0 radical (unpaired) electrons. The first kappa shape index (κ1) is 18.9. The molecule has 1 aliphatic carbocycles. The largest absolute Gasteiger partial charge is 0.417 e. The number of hydrogen-bond acceptors (Lipinski definition) is 3. The highest BCUT2D eigenvalue weighted by Crippen LogP contribution is 2.37. The van der Waals surface area contributed by atoms with Gasteiger partial charge in [-0.3, -0.25) is 4.79 Å². The van der Waals surface area contributed by atoms with Crippen LogP contribution >= 0.6 is 0 Å². The first-order valence-electron chi connectivity index (χ1n) is 8.63. The lowest BCUT2D eigenvalue weighted by Crippen LogP contribution is -2.24. The van der Waals surface area contributed by atoms with Crippen LogP contribution in [0.2, 0.25) is 0 Å². The van der Waals surface area contributed by atoms with Gasteiger partial charge in [-0.25, -0.2) is 4.98 Å². The summed E-state index contributed by atoms with van der Waals surface area (Å²) in [5.74, 6) is 0.117. The number of carbonyl (C=O) groups excluding carboxylic acids is 1. The van der Waals surface area contributed by atoms with Gasteiger partial charge in [-0.1, -0.05) is 24.8 Å². The van der Waals surface area contributed by atoms with E-state index in [9.17, 15) is 18.0 Å². The number of aromatic nitrogens is 1. The van der Waals surface area contributed by atoms with Crippen LogP contribution in [0.15, 0.2) is 36.9 Å². The maximum atomic E-state index is 13.2. The van der Waals surface area contributed by atoms with E-state index >= 15 is 0 Å². The lowest BCUT2D eigenvalue weighted by atomic mass is 10.0. The van der Waals surface area contributed by atoms with E-state index in [1.165, 1.54) is 0 Å². The molecule has 1 fully saturated rings. The van der Waals surface area contributed by atoms with Crippen LogP contribution in [0.5, 0.6) is 0 Å². The number of rotatable bonds is 6. The van der Waals surface area contributed by atoms with E-state index in [2.05, 4.69) is 22.2 Å². The normalized spacial score (nSPS) is 14.5. The van der Waals surface area contributed by atoms with E-state index in [1.54, 1.807) is 43.5 Å². The fraction of sp³-hybridized carbons (Fsp3) is 0.300. The Balaban J connectivity index is 1.94. The number of carbonyl (C=O) groups is 1. The third kappa shape index (κ3) is 4.30. The highest BCUT2D eigenvalue weighted by molar-refractivity contribution is 6.00. The number of fused-ring (bicyclic) bond motifs is 1. The average molecular weight is 375 g/mol. The zero-order chi connectivity index (χ0) is 19.6. The Kier molecular flexibility index (Phi) is 5.21. The Morgan fingerprint density at radius 3 is 2.70 bits per heavy atom. The van der Waals surface area contributed by atoms with Gasteiger partial charge in [0.05, 0.1) is 17.0 Å². The maximum absolute atomic E-state index is 13.2. The van der Waals surface area contributed by atoms with Crippen molar-refractivity contribution in [3.05, 3.63) is 48.3 Å². The second-order valence-electron chi connectivity index (χ2n) is 6.44. The molecule has 1 aromatic carbocycles. The number of allylic oxidation sites excluding steroid dienone is 1. The summed E-state index contributed by atoms with van der Waals surface area (Å²) in [7, 11) is 1.70. The zero-order valence-electron chi connectivity index (χ0n) is 14.9. The van der Waals surface area contributed by atoms with E-state index in [0.717, 1.165) is 12.8 Å². The molecule has 0 atom stereocenters. The van der Waals surface area contributed by atoms with Gasteiger partial charge < -0.3 is 10.6 Å². The molecule has 3 rings (SSSR count). The van der Waals surface area contributed by atoms with Crippen LogP contribution in [0.1, 0.15) is 24.2 Å². The molecule has 2 N–H and O–H groups in total. The summed E-state index contributed by atoms with van der Waals surface area (Å²) in [5, 5.41) is 6.76. The fourth-order valence-electron chi connectivity index (χ4n) is 2.79. The van der Waals surface area contributed by atoms with E-state index in [-0.39, 0.29) is 17.5 Å². The number of halogens is 3. The smallest absolute Gasteiger partial charge is 0.388 e. The molecule has 1 amide bonds. The minimum atomic E-state index is -4.57. The molecule has 1 saturated carbocycles. The predicted octanol–water partition coefficient (Wildman–Crippen LogP) is 4.39. The van der Waals surface area contributed by atoms with Gasteiger partial charge in [0.25, 0.3) is 0 Å². The minimum Gasteiger partial charge on any atom is -0.388 e. The lowest BCUT2D eigenvalue weighted by molar-refractivity contribution is -0.122. The SMILES string of the molecule is C=C(c1nc(/C=C/CNC(=O)C2CC2)cc2c(NC)cccc12)C(F)(F)F. The first-order valence-corrected chi connectivity index (χ1v) is 8.63. The Hall–Kier alpha value is -2.83. The van der Waals surface area contributed by atoms with Crippen LogP contribution in [0.4, 0.5) is 18.9 Å². The van der Waals surface area contributed by atoms with Gasteiger partial charge in [0, 0.05) is 36.0 Å². The van der Waals surface area contributed by atoms with Crippen LogP contribution in [-0.4, -0.2) is 30.7 Å². The molecule has 0 saturated heterocycles. The van der Waals surface area contributed by atoms with Crippen LogP contribution in [0, 0.1) is 5.92 Å². The number of pyridine rings is 1. The molecule has 1 heterocycles. The predicted molar refractivity (Wildman–Crippen MR) is 101 cm³/mol. The molecule has 4 nitrogen and oxygen atoms in total. The van der Waals surface area contributed by atoms with Crippen molar-refractivity contribution in [2.45, 2.75) is 19.0 Å². The molecular weight excluding hydrogens is 355 g/mol. The summed E-state index contributed by atoms with van der Waals surface area (Å²) < 4.78 is 39.7. The summed E-state index contributed by atoms with van der Waals surface area (Å²) in [6, 6.07) is 6.77. The molecule has 0 bridgehead atoms. The standard InChI is InChI=1S/C20H20F3N3O/c1-12(20(21,22)23)18-15-6-3-7-17(24-2)16(15)11-14(26-18)5-4-10-25-19(27)13-8-9-13/h3-7,11,13,24H,1,8-10H2,2H3,(H,25,27)/b5-4+. The van der Waals surface area contributed by atoms with Crippen molar-refractivity contribution in [1.29, 1.82) is 0 Å². The molecule has 0 spiro atoms. The van der Waals surface area contributed by atoms with Crippen molar-refractivity contribution in [3.8, 4) is 0 Å². The quantitative estimate of drug-likeness (QED) is 0.787. The summed E-state index contributed by atoms with van der Waals surface area (Å²) in [6.07, 6.45) is 0.536. The van der Waals surface area contributed by atoms with Crippen molar-refractivity contribution in [1.82, 2.24) is 10.3 Å². The Bertz CT molecular complexity index is 915. The number of benzene rings is 1. The fourth-order valence-corrected chi connectivity index (χ4v) is 2.79. The third-order valence-corrected chi connectivity index (χ3v) is 4.42. The highest BCUT2D eigenvalue weighted by Gasteiger charge is 2.35. The Morgan fingerprint density at radius 1 is 1.33 bits per heavy atom. The van der Waals surface area contributed by atoms with Gasteiger partial charge in [-0.05, 0) is 31.1 Å². The van der Waals surface area contributed by atoms with E-state index in [1.807, 2.05) is 0 Å². The molecule has 142 valence electrons. The number of hydrogen-bond donors (Lipinski definition) is 2. The van der Waals surface area contributed by atoms with E-state index < -0.39 is 11.7 Å². The summed E-state index contributed by atoms with van der Waals surface area (Å²) in [5.41, 5.74) is -0.120. The number of alkyl halides is 3. The van der Waals surface area contributed by atoms with Gasteiger partial charge in [0.2, 0.25) is 5.91 Å². The van der Waals surface area contributed by atoms with Crippen LogP contribution < -0.4 is 10.6 Å². The van der Waals surface area contributed by atoms with Crippen LogP contribution in [0.25, 0.3) is 22.4 Å². The molecule has 1 aromatic heterocycles. The first-order chi connectivity index (χ1) is 12.8. The van der Waals surface area contributed by atoms with Gasteiger partial charge in [-0.15, -0.1) is 0 Å². The second-order valence-corrected chi connectivity index (χ2v) is 6.44. The molecule has 2 aromatic rings. The summed E-state index contributed by atoms with van der Waals surface area (Å²) >= 11 is 0. The molecule has 0 aliphatic heterocycles. The van der Waals surface area contributed by atoms with Crippen molar-refractivity contribution in [2.75, 3.05) is 18.9 Å². The number of anilines is 1. The number of nitrogens with one attached hydrogen (secondary N) is 2. The van der Waals surface area contributed by atoms with Gasteiger partial charge in [0.15, 0.2) is 0 Å². The van der Waals surface area contributed by atoms with Crippen molar-refractivity contribution in [3.63, 3.8) is 0 Å². The summed E-state index contributed by atoms with van der Waals surface area (Å²) in [6.45, 7) is 3.50. The van der Waals surface area contributed by atoms with Crippen molar-refractivity contribution < 1.29 is 18.0 Å². The minimum absolute atomic E-state index is 0.00901. The highest BCUT2D eigenvalue weighted by atomic mass is 19.4. The monoisotopic (exact) mass is 375 g/mol. The van der Waals surface area contributed by atoms with E-state index in [0.29, 0.717) is 28.7 Å². The average Bonchev–Trinajstić information content (AvgIpc) is 3.47. The summed E-state index contributed by atoms with van der Waals surface area (Å²) in [4.78, 5) is 15.8. The number of amides is 1. The van der Waals surface area contributed by atoms with Crippen molar-refractivity contribution >= 4 is 34.0 Å². The zero-order valence-corrected chi connectivity index (χ0v) is 14.9. The maximum Gasteiger partial charge on any atom is 0.417 e. The van der Waals surface area contributed by atoms with Gasteiger partial charge >= 0.3 is 6.18 Å².